The molecule has 19 heavy (non-hydrogen) atoms. The predicted octanol–water partition coefficient (Wildman–Crippen LogP) is 3.85. The van der Waals surface area contributed by atoms with Gasteiger partial charge < -0.3 is 9.73 Å². The second-order valence-corrected chi connectivity index (χ2v) is 5.16. The highest BCUT2D eigenvalue weighted by molar-refractivity contribution is 5.52. The Hall–Kier alpha value is -1.71. The van der Waals surface area contributed by atoms with Crippen LogP contribution >= 0.6 is 0 Å². The normalized spacial score (nSPS) is 11.3. The van der Waals surface area contributed by atoms with Crippen LogP contribution in [0.1, 0.15) is 49.7 Å². The van der Waals surface area contributed by atoms with Crippen molar-refractivity contribution in [1.82, 2.24) is 9.78 Å². The number of hydrogen-bond donors (Lipinski definition) is 1. The number of nitrogens with zero attached hydrogens (tertiary/aromatic N) is 2. The molecule has 2 aromatic heterocycles. The zero-order chi connectivity index (χ0) is 14.0. The van der Waals surface area contributed by atoms with Gasteiger partial charge in [-0.3, -0.25) is 4.68 Å². The highest BCUT2D eigenvalue weighted by Crippen LogP contribution is 2.23. The number of anilines is 1. The number of furan rings is 1. The summed E-state index contributed by atoms with van der Waals surface area (Å²) in [6.07, 6.45) is 0.934. The maximum atomic E-state index is 5.70. The summed E-state index contributed by atoms with van der Waals surface area (Å²) in [4.78, 5) is 0. The molecule has 104 valence electrons. The van der Waals surface area contributed by atoms with Crippen molar-refractivity contribution in [3.63, 3.8) is 0 Å². The molecule has 0 bridgehead atoms. The molecular formula is C15H23N3O. The third-order valence-electron chi connectivity index (χ3n) is 3.32. The van der Waals surface area contributed by atoms with Gasteiger partial charge in [0, 0.05) is 12.5 Å². The minimum absolute atomic E-state index is 0.379. The number of rotatable bonds is 5. The van der Waals surface area contributed by atoms with Gasteiger partial charge in [0.1, 0.15) is 11.5 Å². The van der Waals surface area contributed by atoms with E-state index in [4.69, 9.17) is 4.42 Å². The SMILES string of the molecule is CCc1ccc(CNc2c(C)nn(C(C)C)c2C)o1. The number of aromatic nitrogens is 2. The summed E-state index contributed by atoms with van der Waals surface area (Å²) in [5.41, 5.74) is 3.33. The lowest BCUT2D eigenvalue weighted by Crippen LogP contribution is -2.06. The molecule has 0 atom stereocenters. The topological polar surface area (TPSA) is 43.0 Å². The van der Waals surface area contributed by atoms with Crippen LogP contribution in [0, 0.1) is 13.8 Å². The molecule has 0 aliphatic heterocycles. The van der Waals surface area contributed by atoms with Gasteiger partial charge in [0.15, 0.2) is 0 Å². The predicted molar refractivity (Wildman–Crippen MR) is 77.5 cm³/mol. The van der Waals surface area contributed by atoms with Crippen LogP contribution < -0.4 is 5.32 Å². The number of nitrogens with one attached hydrogen (secondary N) is 1. The molecule has 0 aromatic carbocycles. The first kappa shape index (κ1) is 13.7. The highest BCUT2D eigenvalue weighted by Gasteiger charge is 2.13. The quantitative estimate of drug-likeness (QED) is 0.889. The van der Waals surface area contributed by atoms with E-state index in [0.29, 0.717) is 12.6 Å². The fraction of sp³-hybridized carbons (Fsp3) is 0.533. The zero-order valence-electron chi connectivity index (χ0n) is 12.4. The van der Waals surface area contributed by atoms with E-state index in [-0.39, 0.29) is 0 Å². The lowest BCUT2D eigenvalue weighted by atomic mass is 10.3. The molecule has 0 saturated heterocycles. The Balaban J connectivity index is 2.11. The smallest absolute Gasteiger partial charge is 0.123 e. The number of hydrogen-bond acceptors (Lipinski definition) is 3. The molecule has 4 heteroatoms. The largest absolute Gasteiger partial charge is 0.464 e. The number of aryl methyl sites for hydroxylation is 2. The van der Waals surface area contributed by atoms with Crippen molar-refractivity contribution in [3.8, 4) is 0 Å². The van der Waals surface area contributed by atoms with Gasteiger partial charge in [0.2, 0.25) is 0 Å². The van der Waals surface area contributed by atoms with Crippen LogP contribution in [0.25, 0.3) is 0 Å². The first-order valence-electron chi connectivity index (χ1n) is 6.90. The Bertz CT molecular complexity index is 552. The van der Waals surface area contributed by atoms with Crippen LogP contribution in [0.4, 0.5) is 5.69 Å². The summed E-state index contributed by atoms with van der Waals surface area (Å²) in [7, 11) is 0. The van der Waals surface area contributed by atoms with Gasteiger partial charge >= 0.3 is 0 Å². The highest BCUT2D eigenvalue weighted by atomic mass is 16.3. The molecule has 0 aliphatic rings. The van der Waals surface area contributed by atoms with E-state index < -0.39 is 0 Å². The average molecular weight is 261 g/mol. The van der Waals surface area contributed by atoms with Crippen LogP contribution in [0.3, 0.4) is 0 Å². The van der Waals surface area contributed by atoms with Crippen LogP contribution in [0.5, 0.6) is 0 Å². The Labute approximate surface area is 114 Å². The molecule has 0 aliphatic carbocycles. The summed E-state index contributed by atoms with van der Waals surface area (Å²) in [5, 5.41) is 8.00. The average Bonchev–Trinajstić information content (AvgIpc) is 2.93. The summed E-state index contributed by atoms with van der Waals surface area (Å²) >= 11 is 0. The van der Waals surface area contributed by atoms with Crippen LogP contribution in [-0.2, 0) is 13.0 Å². The van der Waals surface area contributed by atoms with Gasteiger partial charge in [-0.15, -0.1) is 0 Å². The molecule has 1 N–H and O–H groups in total. The molecule has 4 nitrogen and oxygen atoms in total. The van der Waals surface area contributed by atoms with Crippen LogP contribution in [0.2, 0.25) is 0 Å². The van der Waals surface area contributed by atoms with Gasteiger partial charge in [-0.2, -0.15) is 5.10 Å². The van der Waals surface area contributed by atoms with Crippen molar-refractivity contribution in [2.24, 2.45) is 0 Å². The third-order valence-corrected chi connectivity index (χ3v) is 3.32. The fourth-order valence-electron chi connectivity index (χ4n) is 2.30. The van der Waals surface area contributed by atoms with Crippen LogP contribution in [0.15, 0.2) is 16.5 Å². The minimum atomic E-state index is 0.379. The summed E-state index contributed by atoms with van der Waals surface area (Å²) in [6.45, 7) is 11.2. The summed E-state index contributed by atoms with van der Waals surface area (Å²) < 4.78 is 7.75. The van der Waals surface area contributed by atoms with Crippen molar-refractivity contribution in [2.75, 3.05) is 5.32 Å². The molecule has 0 unspecified atom stereocenters. The standard InChI is InChI=1S/C15H23N3O/c1-6-13-7-8-14(19-13)9-16-15-11(4)17-18(10(2)3)12(15)5/h7-8,10,16H,6,9H2,1-5H3. The fourth-order valence-corrected chi connectivity index (χ4v) is 2.30. The van der Waals surface area contributed by atoms with Crippen molar-refractivity contribution in [3.05, 3.63) is 35.0 Å². The van der Waals surface area contributed by atoms with Crippen molar-refractivity contribution >= 4 is 5.69 Å². The summed E-state index contributed by atoms with van der Waals surface area (Å²) in [5.74, 6) is 2.00. The Morgan fingerprint density at radius 3 is 2.47 bits per heavy atom. The molecule has 0 saturated carbocycles. The van der Waals surface area contributed by atoms with Gasteiger partial charge in [0.05, 0.1) is 23.6 Å². The zero-order valence-corrected chi connectivity index (χ0v) is 12.4. The molecule has 2 rings (SSSR count). The second-order valence-electron chi connectivity index (χ2n) is 5.16. The molecule has 0 radical (unpaired) electrons. The van der Waals surface area contributed by atoms with E-state index in [2.05, 4.69) is 42.8 Å². The lowest BCUT2D eigenvalue weighted by Gasteiger charge is -2.09. The molecule has 0 fully saturated rings. The second kappa shape index (κ2) is 5.51. The molecule has 0 spiro atoms. The first-order chi connectivity index (χ1) is 9.02. The van der Waals surface area contributed by atoms with E-state index in [0.717, 1.165) is 29.3 Å². The summed E-state index contributed by atoms with van der Waals surface area (Å²) in [6, 6.07) is 4.45. The Kier molecular flexibility index (Phi) is 3.98. The van der Waals surface area contributed by atoms with Crippen LogP contribution in [-0.4, -0.2) is 9.78 Å². The van der Waals surface area contributed by atoms with E-state index >= 15 is 0 Å². The van der Waals surface area contributed by atoms with E-state index in [1.807, 2.05) is 19.1 Å². The van der Waals surface area contributed by atoms with Gasteiger partial charge in [-0.1, -0.05) is 6.92 Å². The van der Waals surface area contributed by atoms with Gasteiger partial charge in [-0.05, 0) is 39.8 Å². The van der Waals surface area contributed by atoms with Gasteiger partial charge in [-0.25, -0.2) is 0 Å². The maximum absolute atomic E-state index is 5.70. The van der Waals surface area contributed by atoms with Crippen molar-refractivity contribution in [2.45, 2.75) is 53.6 Å². The molecule has 0 amide bonds. The molecule has 2 heterocycles. The van der Waals surface area contributed by atoms with E-state index in [9.17, 15) is 0 Å². The van der Waals surface area contributed by atoms with Gasteiger partial charge in [0.25, 0.3) is 0 Å². The maximum Gasteiger partial charge on any atom is 0.123 e. The molecule has 2 aromatic rings. The van der Waals surface area contributed by atoms with Crippen molar-refractivity contribution in [1.29, 1.82) is 0 Å². The first-order valence-corrected chi connectivity index (χ1v) is 6.90. The van der Waals surface area contributed by atoms with E-state index in [1.165, 1.54) is 5.69 Å². The molecular weight excluding hydrogens is 238 g/mol. The van der Waals surface area contributed by atoms with Crippen molar-refractivity contribution < 1.29 is 4.42 Å². The third kappa shape index (κ3) is 2.83. The Morgan fingerprint density at radius 2 is 1.95 bits per heavy atom. The minimum Gasteiger partial charge on any atom is -0.464 e. The Morgan fingerprint density at radius 1 is 1.26 bits per heavy atom. The monoisotopic (exact) mass is 261 g/mol. The van der Waals surface area contributed by atoms with E-state index in [1.54, 1.807) is 0 Å². The lowest BCUT2D eigenvalue weighted by molar-refractivity contribution is 0.476.